The number of amides is 1. The maximum Gasteiger partial charge on any atom is 0.332 e. The molecule has 0 aromatic heterocycles. The molecule has 11 heteroatoms. The molecule has 1 aliphatic rings. The van der Waals surface area contributed by atoms with Gasteiger partial charge in [-0.25, -0.2) is 13.2 Å². The SMILES string of the molecule is CCOCC(=O)OCC(=O)Nc1ccc(Cl)c(S(=O)(=O)N2CCOCC2)c1. The van der Waals surface area contributed by atoms with Gasteiger partial charge in [0.05, 0.1) is 18.2 Å². The van der Waals surface area contributed by atoms with Crippen molar-refractivity contribution in [2.45, 2.75) is 11.8 Å². The van der Waals surface area contributed by atoms with Crippen molar-refractivity contribution >= 4 is 39.2 Å². The highest BCUT2D eigenvalue weighted by molar-refractivity contribution is 7.89. The molecule has 0 radical (unpaired) electrons. The summed E-state index contributed by atoms with van der Waals surface area (Å²) in [4.78, 5) is 23.1. The van der Waals surface area contributed by atoms with Gasteiger partial charge in [0.25, 0.3) is 5.91 Å². The fourth-order valence-electron chi connectivity index (χ4n) is 2.28. The highest BCUT2D eigenvalue weighted by Gasteiger charge is 2.28. The Morgan fingerprint density at radius 2 is 1.96 bits per heavy atom. The molecule has 1 heterocycles. The van der Waals surface area contributed by atoms with Crippen LogP contribution < -0.4 is 5.32 Å². The third-order valence-electron chi connectivity index (χ3n) is 3.59. The Kier molecular flexibility index (Phi) is 7.99. The number of nitrogens with zero attached hydrogens (tertiary/aromatic N) is 1. The van der Waals surface area contributed by atoms with Gasteiger partial charge >= 0.3 is 5.97 Å². The average Bonchev–Trinajstić information content (AvgIpc) is 2.66. The van der Waals surface area contributed by atoms with E-state index < -0.39 is 28.5 Å². The Balaban J connectivity index is 2.04. The molecule has 0 unspecified atom stereocenters. The van der Waals surface area contributed by atoms with Gasteiger partial charge in [-0.1, -0.05) is 11.6 Å². The number of sulfonamides is 1. The lowest BCUT2D eigenvalue weighted by Gasteiger charge is -2.26. The molecule has 1 aromatic rings. The number of nitrogens with one attached hydrogen (secondary N) is 1. The van der Waals surface area contributed by atoms with Crippen LogP contribution in [0.15, 0.2) is 23.1 Å². The van der Waals surface area contributed by atoms with Crippen LogP contribution >= 0.6 is 11.6 Å². The first-order valence-corrected chi connectivity index (χ1v) is 10.1. The zero-order valence-electron chi connectivity index (χ0n) is 14.8. The van der Waals surface area contributed by atoms with Crippen molar-refractivity contribution in [2.75, 3.05) is 51.4 Å². The first-order chi connectivity index (χ1) is 12.8. The molecular formula is C16H21ClN2O7S. The minimum Gasteiger partial charge on any atom is -0.454 e. The summed E-state index contributed by atoms with van der Waals surface area (Å²) in [7, 11) is -3.82. The number of anilines is 1. The molecule has 0 saturated carbocycles. The second-order valence-electron chi connectivity index (χ2n) is 5.51. The Bertz CT molecular complexity index is 779. The van der Waals surface area contributed by atoms with E-state index in [1.807, 2.05) is 0 Å². The molecule has 1 amide bonds. The number of hydrogen-bond acceptors (Lipinski definition) is 7. The zero-order valence-corrected chi connectivity index (χ0v) is 16.3. The van der Waals surface area contributed by atoms with Gasteiger partial charge in [-0.15, -0.1) is 0 Å². The molecule has 1 fully saturated rings. The smallest absolute Gasteiger partial charge is 0.332 e. The van der Waals surface area contributed by atoms with Gasteiger partial charge in [0, 0.05) is 25.4 Å². The van der Waals surface area contributed by atoms with Gasteiger partial charge in [-0.05, 0) is 25.1 Å². The van der Waals surface area contributed by atoms with Gasteiger partial charge in [-0.2, -0.15) is 4.31 Å². The average molecular weight is 421 g/mol. The number of esters is 1. The summed E-state index contributed by atoms with van der Waals surface area (Å²) in [5.41, 5.74) is 0.220. The van der Waals surface area contributed by atoms with Crippen molar-refractivity contribution in [3.63, 3.8) is 0 Å². The lowest BCUT2D eigenvalue weighted by Crippen LogP contribution is -2.40. The maximum absolute atomic E-state index is 12.8. The van der Waals surface area contributed by atoms with E-state index in [0.717, 1.165) is 0 Å². The van der Waals surface area contributed by atoms with Crippen molar-refractivity contribution in [1.29, 1.82) is 0 Å². The summed E-state index contributed by atoms with van der Waals surface area (Å²) in [6, 6.07) is 4.11. The van der Waals surface area contributed by atoms with Gasteiger partial charge in [0.2, 0.25) is 10.0 Å². The van der Waals surface area contributed by atoms with Crippen LogP contribution in [-0.2, 0) is 33.8 Å². The number of halogens is 1. The van der Waals surface area contributed by atoms with E-state index in [9.17, 15) is 18.0 Å². The fourth-order valence-corrected chi connectivity index (χ4v) is 4.18. The second-order valence-corrected chi connectivity index (χ2v) is 7.82. The van der Waals surface area contributed by atoms with Gasteiger partial charge in [-0.3, -0.25) is 4.79 Å². The Labute approximate surface area is 162 Å². The highest BCUT2D eigenvalue weighted by Crippen LogP contribution is 2.28. The van der Waals surface area contributed by atoms with Crippen LogP contribution in [0, 0.1) is 0 Å². The van der Waals surface area contributed by atoms with Crippen LogP contribution in [0.5, 0.6) is 0 Å². The number of benzene rings is 1. The first kappa shape index (κ1) is 21.6. The summed E-state index contributed by atoms with van der Waals surface area (Å²) >= 11 is 6.05. The number of ether oxygens (including phenoxy) is 3. The molecule has 0 spiro atoms. The predicted molar refractivity (Wildman–Crippen MR) is 97.1 cm³/mol. The van der Waals surface area contributed by atoms with Crippen molar-refractivity contribution in [3.05, 3.63) is 23.2 Å². The molecule has 150 valence electrons. The lowest BCUT2D eigenvalue weighted by molar-refractivity contribution is -0.151. The third kappa shape index (κ3) is 6.15. The van der Waals surface area contributed by atoms with E-state index in [2.05, 4.69) is 5.32 Å². The van der Waals surface area contributed by atoms with Crippen LogP contribution in [0.4, 0.5) is 5.69 Å². The van der Waals surface area contributed by atoms with Crippen molar-refractivity contribution in [3.8, 4) is 0 Å². The Morgan fingerprint density at radius 1 is 1.26 bits per heavy atom. The third-order valence-corrected chi connectivity index (χ3v) is 5.97. The molecule has 2 rings (SSSR count). The molecule has 27 heavy (non-hydrogen) atoms. The van der Waals surface area contributed by atoms with Crippen molar-refractivity contribution < 1.29 is 32.2 Å². The Hall–Kier alpha value is -1.72. The molecule has 0 atom stereocenters. The quantitative estimate of drug-likeness (QED) is 0.621. The van der Waals surface area contributed by atoms with E-state index in [-0.39, 0.29) is 35.3 Å². The lowest BCUT2D eigenvalue weighted by atomic mass is 10.3. The van der Waals surface area contributed by atoms with Crippen molar-refractivity contribution in [1.82, 2.24) is 4.31 Å². The highest BCUT2D eigenvalue weighted by atomic mass is 35.5. The van der Waals surface area contributed by atoms with E-state index in [1.54, 1.807) is 6.92 Å². The van der Waals surface area contributed by atoms with Gasteiger partial charge in [0.15, 0.2) is 6.61 Å². The van der Waals surface area contributed by atoms with Crippen LogP contribution in [0.3, 0.4) is 0 Å². The Morgan fingerprint density at radius 3 is 2.63 bits per heavy atom. The fraction of sp³-hybridized carbons (Fsp3) is 0.500. The summed E-state index contributed by atoms with van der Waals surface area (Å²) in [6.07, 6.45) is 0. The van der Waals surface area contributed by atoms with Gasteiger partial charge in [0.1, 0.15) is 11.5 Å². The van der Waals surface area contributed by atoms with Crippen LogP contribution in [0.25, 0.3) is 0 Å². The largest absolute Gasteiger partial charge is 0.454 e. The molecule has 0 aliphatic carbocycles. The normalized spacial score (nSPS) is 15.3. The number of rotatable bonds is 8. The van der Waals surface area contributed by atoms with E-state index in [1.165, 1.54) is 22.5 Å². The second kappa shape index (κ2) is 10.00. The molecular weight excluding hydrogens is 400 g/mol. The minimum atomic E-state index is -3.82. The monoisotopic (exact) mass is 420 g/mol. The molecule has 1 aliphatic heterocycles. The van der Waals surface area contributed by atoms with Crippen molar-refractivity contribution in [2.24, 2.45) is 0 Å². The molecule has 9 nitrogen and oxygen atoms in total. The van der Waals surface area contributed by atoms with Gasteiger partial charge < -0.3 is 19.5 Å². The first-order valence-electron chi connectivity index (χ1n) is 8.25. The molecule has 0 bridgehead atoms. The molecule has 1 N–H and O–H groups in total. The number of carbonyl (C=O) groups excluding carboxylic acids is 2. The molecule has 1 aromatic carbocycles. The standard InChI is InChI=1S/C16H21ClN2O7S/c1-2-24-11-16(21)26-10-15(20)18-12-3-4-13(17)14(9-12)27(22,23)19-5-7-25-8-6-19/h3-4,9H,2,5-8,10-11H2,1H3,(H,18,20). The van der Waals surface area contributed by atoms with E-state index in [4.69, 9.17) is 25.8 Å². The minimum absolute atomic E-state index is 0.0441. The summed E-state index contributed by atoms with van der Waals surface area (Å²) in [5, 5.41) is 2.52. The van der Waals surface area contributed by atoms with Crippen LogP contribution in [-0.4, -0.2) is 70.7 Å². The number of carbonyl (C=O) groups is 2. The van der Waals surface area contributed by atoms with Crippen LogP contribution in [0.2, 0.25) is 5.02 Å². The summed E-state index contributed by atoms with van der Waals surface area (Å²) < 4.78 is 41.6. The summed E-state index contributed by atoms with van der Waals surface area (Å²) in [6.45, 7) is 2.39. The van der Waals surface area contributed by atoms with E-state index >= 15 is 0 Å². The van der Waals surface area contributed by atoms with E-state index in [0.29, 0.717) is 19.8 Å². The number of hydrogen-bond donors (Lipinski definition) is 1. The topological polar surface area (TPSA) is 111 Å². The zero-order chi connectivity index (χ0) is 19.9. The van der Waals surface area contributed by atoms with Crippen LogP contribution in [0.1, 0.15) is 6.92 Å². The molecule has 1 saturated heterocycles. The maximum atomic E-state index is 12.8. The predicted octanol–water partition coefficient (Wildman–Crippen LogP) is 0.879. The summed E-state index contributed by atoms with van der Waals surface area (Å²) in [5.74, 6) is -1.28. The number of morpholine rings is 1.